The number of amides is 1. The summed E-state index contributed by atoms with van der Waals surface area (Å²) in [5.74, 6) is -1.09. The van der Waals surface area contributed by atoms with Crippen molar-refractivity contribution in [2.24, 2.45) is 10.2 Å². The van der Waals surface area contributed by atoms with Crippen LogP contribution >= 0.6 is 0 Å². The van der Waals surface area contributed by atoms with E-state index in [0.29, 0.717) is 5.75 Å². The number of benzene rings is 2. The van der Waals surface area contributed by atoms with Gasteiger partial charge in [0.1, 0.15) is 5.75 Å². The average molecular weight is 366 g/mol. The van der Waals surface area contributed by atoms with Gasteiger partial charge in [-0.05, 0) is 23.3 Å². The number of hydrogen-bond acceptors (Lipinski definition) is 6. The van der Waals surface area contributed by atoms with Crippen LogP contribution in [0.1, 0.15) is 0 Å². The summed E-state index contributed by atoms with van der Waals surface area (Å²) in [6, 6.07) is 16.9. The third-order valence-electron chi connectivity index (χ3n) is 3.48. The first-order chi connectivity index (χ1) is 13.0. The smallest absolute Gasteiger partial charge is 0.328 e. The predicted octanol–water partition coefficient (Wildman–Crippen LogP) is 2.13. The van der Waals surface area contributed by atoms with Crippen molar-refractivity contribution in [2.75, 3.05) is 6.61 Å². The molecule has 1 aromatic heterocycles. The molecule has 0 fully saturated rings. The molecule has 1 heterocycles. The van der Waals surface area contributed by atoms with Crippen molar-refractivity contribution in [3.05, 3.63) is 75.4 Å². The van der Waals surface area contributed by atoms with Gasteiger partial charge in [0.2, 0.25) is 11.6 Å². The van der Waals surface area contributed by atoms with Gasteiger partial charge < -0.3 is 9.84 Å². The summed E-state index contributed by atoms with van der Waals surface area (Å²) in [4.78, 5) is 37.9. The number of nitrogens with zero attached hydrogens (tertiary/aromatic N) is 2. The van der Waals surface area contributed by atoms with E-state index >= 15 is 0 Å². The summed E-state index contributed by atoms with van der Waals surface area (Å²) >= 11 is 0. The topological polar surface area (TPSA) is 137 Å². The molecule has 3 N–H and O–H groups in total. The number of azo groups is 1. The second-order valence-electron chi connectivity index (χ2n) is 5.38. The Labute approximate surface area is 152 Å². The van der Waals surface area contributed by atoms with E-state index in [1.165, 1.54) is 0 Å². The van der Waals surface area contributed by atoms with E-state index in [1.807, 2.05) is 52.4 Å². The normalized spacial score (nSPS) is 10.8. The number of carbonyl (C=O) groups is 1. The second kappa shape index (κ2) is 7.91. The number of rotatable bonds is 5. The molecule has 9 heteroatoms. The maximum Gasteiger partial charge on any atom is 0.328 e. The lowest BCUT2D eigenvalue weighted by Crippen LogP contribution is -2.21. The molecular formula is C18H14N4O5. The SMILES string of the molecule is O=C(COc1ccc(-c2ccccc2)cc1)N=Nc1c(O)[nH]c(=O)[nH]c1=O. The fraction of sp³-hybridized carbons (Fsp3) is 0.0556. The molecule has 0 aliphatic heterocycles. The quantitative estimate of drug-likeness (QED) is 0.594. The van der Waals surface area contributed by atoms with Crippen molar-refractivity contribution in [1.82, 2.24) is 9.97 Å². The van der Waals surface area contributed by atoms with Gasteiger partial charge in [-0.25, -0.2) is 4.79 Å². The van der Waals surface area contributed by atoms with Gasteiger partial charge in [0.15, 0.2) is 6.61 Å². The lowest BCUT2D eigenvalue weighted by atomic mass is 10.1. The number of aromatic nitrogens is 2. The molecular weight excluding hydrogens is 352 g/mol. The number of hydrogen-bond donors (Lipinski definition) is 3. The average Bonchev–Trinajstić information content (AvgIpc) is 2.66. The molecule has 0 atom stereocenters. The largest absolute Gasteiger partial charge is 0.493 e. The Morgan fingerprint density at radius 1 is 0.963 bits per heavy atom. The number of aromatic hydroxyl groups is 1. The highest BCUT2D eigenvalue weighted by Crippen LogP contribution is 2.22. The molecule has 2 aromatic carbocycles. The highest BCUT2D eigenvalue weighted by atomic mass is 16.5. The third kappa shape index (κ3) is 4.54. The Morgan fingerprint density at radius 3 is 2.30 bits per heavy atom. The molecule has 0 saturated carbocycles. The van der Waals surface area contributed by atoms with Crippen LogP contribution in [0.5, 0.6) is 11.6 Å². The van der Waals surface area contributed by atoms with Gasteiger partial charge in [0.25, 0.3) is 5.56 Å². The Kier molecular flexibility index (Phi) is 5.22. The van der Waals surface area contributed by atoms with Crippen LogP contribution < -0.4 is 16.0 Å². The molecule has 0 saturated heterocycles. The molecule has 3 rings (SSSR count). The van der Waals surface area contributed by atoms with Crippen LogP contribution in [0.3, 0.4) is 0 Å². The van der Waals surface area contributed by atoms with Crippen LogP contribution in [0, 0.1) is 0 Å². The summed E-state index contributed by atoms with van der Waals surface area (Å²) in [6.07, 6.45) is 0. The van der Waals surface area contributed by atoms with Crippen LogP contribution in [-0.4, -0.2) is 27.6 Å². The molecule has 1 amide bonds. The standard InChI is InChI=1S/C18H14N4O5/c23-14(21-22-15-16(24)19-18(26)20-17(15)25)10-27-13-8-6-12(7-9-13)11-4-2-1-3-5-11/h1-9H,10H2,(H3,19,20,24,25,26). The third-order valence-corrected chi connectivity index (χ3v) is 3.48. The maximum absolute atomic E-state index is 11.7. The van der Waals surface area contributed by atoms with E-state index in [1.54, 1.807) is 12.1 Å². The first kappa shape index (κ1) is 17.8. The molecule has 0 spiro atoms. The van der Waals surface area contributed by atoms with Crippen molar-refractivity contribution in [3.63, 3.8) is 0 Å². The maximum atomic E-state index is 11.7. The first-order valence-corrected chi connectivity index (χ1v) is 7.81. The van der Waals surface area contributed by atoms with E-state index in [0.717, 1.165) is 11.1 Å². The monoisotopic (exact) mass is 366 g/mol. The number of aromatic amines is 2. The van der Waals surface area contributed by atoms with E-state index in [-0.39, 0.29) is 0 Å². The predicted molar refractivity (Wildman–Crippen MR) is 96.2 cm³/mol. The number of H-pyrrole nitrogens is 2. The van der Waals surface area contributed by atoms with Crippen LogP contribution in [-0.2, 0) is 4.79 Å². The van der Waals surface area contributed by atoms with Crippen LogP contribution in [0.25, 0.3) is 11.1 Å². The fourth-order valence-corrected chi connectivity index (χ4v) is 2.21. The van der Waals surface area contributed by atoms with Gasteiger partial charge in [0, 0.05) is 0 Å². The summed E-state index contributed by atoms with van der Waals surface area (Å²) < 4.78 is 5.32. The molecule has 0 bridgehead atoms. The molecule has 0 aliphatic carbocycles. The number of nitrogens with one attached hydrogen (secondary N) is 2. The minimum atomic E-state index is -0.967. The van der Waals surface area contributed by atoms with Gasteiger partial charge >= 0.3 is 11.6 Å². The molecule has 27 heavy (non-hydrogen) atoms. The lowest BCUT2D eigenvalue weighted by Gasteiger charge is -2.05. The number of carbonyl (C=O) groups excluding carboxylic acids is 1. The zero-order valence-corrected chi connectivity index (χ0v) is 13.9. The van der Waals surface area contributed by atoms with Crippen molar-refractivity contribution < 1.29 is 14.6 Å². The Morgan fingerprint density at radius 2 is 1.63 bits per heavy atom. The van der Waals surface area contributed by atoms with Crippen molar-refractivity contribution in [2.45, 2.75) is 0 Å². The zero-order valence-electron chi connectivity index (χ0n) is 13.9. The second-order valence-corrected chi connectivity index (χ2v) is 5.38. The van der Waals surface area contributed by atoms with Gasteiger partial charge in [-0.3, -0.25) is 19.6 Å². The highest BCUT2D eigenvalue weighted by molar-refractivity contribution is 5.78. The van der Waals surface area contributed by atoms with Crippen LogP contribution in [0.4, 0.5) is 5.69 Å². The van der Waals surface area contributed by atoms with E-state index < -0.39 is 35.3 Å². The molecule has 0 unspecified atom stereocenters. The van der Waals surface area contributed by atoms with Gasteiger partial charge in [0.05, 0.1) is 0 Å². The molecule has 3 aromatic rings. The molecule has 9 nitrogen and oxygen atoms in total. The zero-order chi connectivity index (χ0) is 19.2. The van der Waals surface area contributed by atoms with Gasteiger partial charge in [-0.15, -0.1) is 10.2 Å². The van der Waals surface area contributed by atoms with E-state index in [9.17, 15) is 19.5 Å². The lowest BCUT2D eigenvalue weighted by molar-refractivity contribution is -0.120. The van der Waals surface area contributed by atoms with Gasteiger partial charge in [-0.2, -0.15) is 0 Å². The summed E-state index contributed by atoms with van der Waals surface area (Å²) in [6.45, 7) is -0.407. The fourth-order valence-electron chi connectivity index (χ4n) is 2.21. The van der Waals surface area contributed by atoms with E-state index in [2.05, 4.69) is 10.2 Å². The van der Waals surface area contributed by atoms with Crippen molar-refractivity contribution >= 4 is 11.6 Å². The van der Waals surface area contributed by atoms with Crippen molar-refractivity contribution in [1.29, 1.82) is 0 Å². The van der Waals surface area contributed by atoms with Crippen LogP contribution in [0.2, 0.25) is 0 Å². The molecule has 0 radical (unpaired) electrons. The van der Waals surface area contributed by atoms with Crippen molar-refractivity contribution in [3.8, 4) is 22.8 Å². The van der Waals surface area contributed by atoms with E-state index in [4.69, 9.17) is 4.74 Å². The Hall–Kier alpha value is -4.01. The minimum absolute atomic E-state index is 0.407. The first-order valence-electron chi connectivity index (χ1n) is 7.81. The molecule has 136 valence electrons. The highest BCUT2D eigenvalue weighted by Gasteiger charge is 2.09. The summed E-state index contributed by atoms with van der Waals surface area (Å²) in [5.41, 5.74) is -0.382. The summed E-state index contributed by atoms with van der Waals surface area (Å²) in [5, 5.41) is 16.1. The Bertz CT molecular complexity index is 1090. The van der Waals surface area contributed by atoms with Crippen LogP contribution in [0.15, 0.2) is 74.4 Å². The number of ether oxygens (including phenoxy) is 1. The summed E-state index contributed by atoms with van der Waals surface area (Å²) in [7, 11) is 0. The van der Waals surface area contributed by atoms with Gasteiger partial charge in [-0.1, -0.05) is 42.5 Å². The minimum Gasteiger partial charge on any atom is -0.493 e. The molecule has 0 aliphatic rings. The Balaban J connectivity index is 1.61.